The van der Waals surface area contributed by atoms with Gasteiger partial charge < -0.3 is 0 Å². The molecular weight excluding hydrogens is 100 g/mol. The van der Waals surface area contributed by atoms with Crippen LogP contribution in [0.15, 0.2) is 12.2 Å². The number of allylic oxidation sites excluding steroid dienone is 1. The van der Waals surface area contributed by atoms with E-state index in [0.29, 0.717) is 0 Å². The normalized spacial score (nSPS) is 12.9. The summed E-state index contributed by atoms with van der Waals surface area (Å²) in [5, 5.41) is 0. The summed E-state index contributed by atoms with van der Waals surface area (Å²) in [6.07, 6.45) is 0. The summed E-state index contributed by atoms with van der Waals surface area (Å²) in [4.78, 5) is 10.5. The Morgan fingerprint density at radius 1 is 1.50 bits per heavy atom. The van der Waals surface area contributed by atoms with Gasteiger partial charge in [0.1, 0.15) is 5.78 Å². The highest BCUT2D eigenvalue weighted by atomic mass is 16.1. The minimum atomic E-state index is 0.0370. The molecule has 0 saturated heterocycles. The van der Waals surface area contributed by atoms with Crippen molar-refractivity contribution in [1.29, 1.82) is 0 Å². The van der Waals surface area contributed by atoms with Gasteiger partial charge in [0.25, 0.3) is 0 Å². The summed E-state index contributed by atoms with van der Waals surface area (Å²) in [5.74, 6) is 0.229. The molecule has 0 aliphatic carbocycles. The van der Waals surface area contributed by atoms with Crippen LogP contribution in [0.2, 0.25) is 0 Å². The van der Waals surface area contributed by atoms with Gasteiger partial charge in [-0.15, -0.1) is 0 Å². The first-order valence-electron chi connectivity index (χ1n) is 2.71. The van der Waals surface area contributed by atoms with Crippen molar-refractivity contribution in [3.8, 4) is 0 Å². The Morgan fingerprint density at radius 2 is 1.88 bits per heavy atom. The molecule has 0 aromatic heterocycles. The van der Waals surface area contributed by atoms with E-state index < -0.39 is 0 Å². The number of rotatable bonds is 2. The molecule has 0 unspecified atom stereocenters. The van der Waals surface area contributed by atoms with Crippen molar-refractivity contribution in [2.45, 2.75) is 20.8 Å². The Hall–Kier alpha value is -0.590. The van der Waals surface area contributed by atoms with Crippen molar-refractivity contribution in [2.75, 3.05) is 0 Å². The third-order valence-electron chi connectivity index (χ3n) is 1.35. The summed E-state index contributed by atoms with van der Waals surface area (Å²) < 4.78 is 0. The second-order valence-electron chi connectivity index (χ2n) is 2.18. The standard InChI is InChI=1S/C7H12O/c1-5(2)6(3)7(4)8/h6H,1H2,2-4H3/t6-/m0/s1. The summed E-state index contributed by atoms with van der Waals surface area (Å²) in [6, 6.07) is 0. The first-order valence-corrected chi connectivity index (χ1v) is 2.71. The maximum atomic E-state index is 10.5. The Kier molecular flexibility index (Phi) is 2.46. The van der Waals surface area contributed by atoms with Gasteiger partial charge >= 0.3 is 0 Å². The molecule has 0 amide bonds. The second-order valence-corrected chi connectivity index (χ2v) is 2.18. The molecule has 0 saturated carbocycles. The summed E-state index contributed by atoms with van der Waals surface area (Å²) in [7, 11) is 0. The number of Topliss-reactive ketones (excluding diaryl/α,β-unsaturated/α-hetero) is 1. The van der Waals surface area contributed by atoms with Gasteiger partial charge in [-0.3, -0.25) is 4.79 Å². The quantitative estimate of drug-likeness (QED) is 0.498. The molecule has 1 atom stereocenters. The van der Waals surface area contributed by atoms with Gasteiger partial charge in [-0.1, -0.05) is 19.1 Å². The fraction of sp³-hybridized carbons (Fsp3) is 0.571. The summed E-state index contributed by atoms with van der Waals surface area (Å²) >= 11 is 0. The number of carbonyl (C=O) groups excluding carboxylic acids is 1. The highest BCUT2D eigenvalue weighted by molar-refractivity contribution is 5.80. The fourth-order valence-electron chi connectivity index (χ4n) is 0.347. The Balaban J connectivity index is 3.83. The van der Waals surface area contributed by atoms with Crippen LogP contribution in [0.25, 0.3) is 0 Å². The van der Waals surface area contributed by atoms with Crippen LogP contribution in [0.3, 0.4) is 0 Å². The molecule has 1 nitrogen and oxygen atoms in total. The molecule has 0 rings (SSSR count). The van der Waals surface area contributed by atoms with E-state index in [-0.39, 0.29) is 11.7 Å². The predicted octanol–water partition coefficient (Wildman–Crippen LogP) is 1.79. The van der Waals surface area contributed by atoms with Gasteiger partial charge in [0.2, 0.25) is 0 Å². The first kappa shape index (κ1) is 7.41. The van der Waals surface area contributed by atoms with Crippen LogP contribution in [-0.2, 0) is 4.79 Å². The zero-order chi connectivity index (χ0) is 6.73. The van der Waals surface area contributed by atoms with Gasteiger partial charge in [0, 0.05) is 5.92 Å². The van der Waals surface area contributed by atoms with Crippen LogP contribution in [0.5, 0.6) is 0 Å². The lowest BCUT2D eigenvalue weighted by atomic mass is 10.0. The van der Waals surface area contributed by atoms with Crippen molar-refractivity contribution >= 4 is 5.78 Å². The molecule has 0 heterocycles. The molecule has 0 aromatic rings. The molecule has 0 aromatic carbocycles. The number of ketones is 1. The van der Waals surface area contributed by atoms with Crippen LogP contribution in [0, 0.1) is 5.92 Å². The molecule has 46 valence electrons. The Bertz CT molecular complexity index is 99.6. The smallest absolute Gasteiger partial charge is 0.136 e. The maximum Gasteiger partial charge on any atom is 0.136 e. The van der Waals surface area contributed by atoms with E-state index in [2.05, 4.69) is 6.58 Å². The Morgan fingerprint density at radius 3 is 1.88 bits per heavy atom. The number of hydrogen-bond donors (Lipinski definition) is 0. The Labute approximate surface area is 50.4 Å². The topological polar surface area (TPSA) is 17.1 Å². The summed E-state index contributed by atoms with van der Waals surface area (Å²) in [5.41, 5.74) is 0.942. The minimum absolute atomic E-state index is 0.0370. The van der Waals surface area contributed by atoms with Crippen LogP contribution < -0.4 is 0 Å². The lowest BCUT2D eigenvalue weighted by Gasteiger charge is -2.03. The van der Waals surface area contributed by atoms with Crippen LogP contribution in [0.1, 0.15) is 20.8 Å². The molecule has 0 aliphatic rings. The predicted molar refractivity (Wildman–Crippen MR) is 34.7 cm³/mol. The largest absolute Gasteiger partial charge is 0.299 e. The van der Waals surface area contributed by atoms with Crippen LogP contribution in [-0.4, -0.2) is 5.78 Å². The van der Waals surface area contributed by atoms with E-state index in [1.807, 2.05) is 13.8 Å². The number of carbonyl (C=O) groups is 1. The third-order valence-corrected chi connectivity index (χ3v) is 1.35. The van der Waals surface area contributed by atoms with Crippen molar-refractivity contribution in [1.82, 2.24) is 0 Å². The van der Waals surface area contributed by atoms with Gasteiger partial charge in [0.15, 0.2) is 0 Å². The molecule has 1 heteroatoms. The molecule has 0 fully saturated rings. The van der Waals surface area contributed by atoms with Gasteiger partial charge in [-0.2, -0.15) is 0 Å². The van der Waals surface area contributed by atoms with Crippen molar-refractivity contribution in [3.63, 3.8) is 0 Å². The minimum Gasteiger partial charge on any atom is -0.299 e. The average molecular weight is 112 g/mol. The molecule has 0 N–H and O–H groups in total. The average Bonchev–Trinajstić information content (AvgIpc) is 1.64. The third kappa shape index (κ3) is 1.92. The lowest BCUT2D eigenvalue weighted by molar-refractivity contribution is -0.119. The fourth-order valence-corrected chi connectivity index (χ4v) is 0.347. The van der Waals surface area contributed by atoms with E-state index in [4.69, 9.17) is 0 Å². The zero-order valence-corrected chi connectivity index (χ0v) is 5.69. The monoisotopic (exact) mass is 112 g/mol. The molecule has 0 radical (unpaired) electrons. The molecule has 0 aliphatic heterocycles. The van der Waals surface area contributed by atoms with Crippen molar-refractivity contribution in [2.24, 2.45) is 5.92 Å². The molecule has 8 heavy (non-hydrogen) atoms. The van der Waals surface area contributed by atoms with E-state index in [0.717, 1.165) is 5.57 Å². The highest BCUT2D eigenvalue weighted by Crippen LogP contribution is 2.06. The van der Waals surface area contributed by atoms with Crippen molar-refractivity contribution in [3.05, 3.63) is 12.2 Å². The zero-order valence-electron chi connectivity index (χ0n) is 5.69. The van der Waals surface area contributed by atoms with E-state index >= 15 is 0 Å². The maximum absolute atomic E-state index is 10.5. The second kappa shape index (κ2) is 2.65. The van der Waals surface area contributed by atoms with E-state index in [9.17, 15) is 4.79 Å². The highest BCUT2D eigenvalue weighted by Gasteiger charge is 2.05. The van der Waals surface area contributed by atoms with E-state index in [1.54, 1.807) is 6.92 Å². The first-order chi connectivity index (χ1) is 3.55. The van der Waals surface area contributed by atoms with Crippen LogP contribution >= 0.6 is 0 Å². The molecule has 0 bridgehead atoms. The van der Waals surface area contributed by atoms with Gasteiger partial charge in [0.05, 0.1) is 0 Å². The van der Waals surface area contributed by atoms with Gasteiger partial charge in [-0.05, 0) is 13.8 Å². The van der Waals surface area contributed by atoms with Crippen LogP contribution in [0.4, 0.5) is 0 Å². The number of hydrogen-bond acceptors (Lipinski definition) is 1. The van der Waals surface area contributed by atoms with E-state index in [1.165, 1.54) is 0 Å². The summed E-state index contributed by atoms with van der Waals surface area (Å²) in [6.45, 7) is 8.97. The van der Waals surface area contributed by atoms with Gasteiger partial charge in [-0.25, -0.2) is 0 Å². The lowest BCUT2D eigenvalue weighted by Crippen LogP contribution is -2.05. The van der Waals surface area contributed by atoms with Crippen molar-refractivity contribution < 1.29 is 4.79 Å². The molecule has 0 spiro atoms. The SMILES string of the molecule is C=C(C)[C@H](C)C(C)=O. The molecular formula is C7H12O.